The molecule has 0 bridgehead atoms. The van der Waals surface area contributed by atoms with E-state index in [1.807, 2.05) is 10.6 Å². The average molecular weight is 401 g/mol. The molecule has 0 spiro atoms. The van der Waals surface area contributed by atoms with E-state index in [1.165, 1.54) is 28.0 Å². The van der Waals surface area contributed by atoms with E-state index in [9.17, 15) is 4.79 Å². The molecule has 146 valence electrons. The van der Waals surface area contributed by atoms with Crippen molar-refractivity contribution in [3.63, 3.8) is 0 Å². The fourth-order valence-corrected chi connectivity index (χ4v) is 5.52. The molecule has 29 heavy (non-hydrogen) atoms. The van der Waals surface area contributed by atoms with Crippen LogP contribution in [0.1, 0.15) is 40.0 Å². The molecule has 0 fully saturated rings. The Kier molecular flexibility index (Phi) is 4.59. The molecule has 0 saturated carbocycles. The van der Waals surface area contributed by atoms with Crippen molar-refractivity contribution in [3.05, 3.63) is 86.0 Å². The van der Waals surface area contributed by atoms with Gasteiger partial charge in [-0.15, -0.1) is 11.3 Å². The zero-order valence-electron chi connectivity index (χ0n) is 16.9. The van der Waals surface area contributed by atoms with Crippen LogP contribution in [0, 0.1) is 13.8 Å². The highest BCUT2D eigenvalue weighted by Crippen LogP contribution is 2.35. The highest BCUT2D eigenvalue weighted by molar-refractivity contribution is 7.18. The van der Waals surface area contributed by atoms with Gasteiger partial charge in [-0.25, -0.2) is 4.98 Å². The van der Waals surface area contributed by atoms with E-state index in [0.717, 1.165) is 46.4 Å². The SMILES string of the molecule is Cc1ccc(Cn2c(-c3cccc(C)c3)nc3sc4c(c3c2=O)CCCC4)cc1. The van der Waals surface area contributed by atoms with Crippen molar-refractivity contribution >= 4 is 21.6 Å². The van der Waals surface area contributed by atoms with Crippen LogP contribution in [0.25, 0.3) is 21.6 Å². The first-order valence-corrected chi connectivity index (χ1v) is 11.1. The molecule has 2 aromatic heterocycles. The number of hydrogen-bond donors (Lipinski definition) is 0. The minimum Gasteiger partial charge on any atom is -0.288 e. The fourth-order valence-electron chi connectivity index (χ4n) is 4.27. The number of rotatable bonds is 3. The third kappa shape index (κ3) is 3.32. The molecule has 0 unspecified atom stereocenters. The Morgan fingerprint density at radius 1 is 1.00 bits per heavy atom. The highest BCUT2D eigenvalue weighted by Gasteiger charge is 2.22. The molecule has 0 amide bonds. The maximum Gasteiger partial charge on any atom is 0.263 e. The van der Waals surface area contributed by atoms with Crippen LogP contribution in [0.2, 0.25) is 0 Å². The number of aromatic nitrogens is 2. The Balaban J connectivity index is 1.76. The zero-order valence-corrected chi connectivity index (χ0v) is 17.7. The third-order valence-corrected chi connectivity index (χ3v) is 7.00. The second kappa shape index (κ2) is 7.27. The van der Waals surface area contributed by atoms with Crippen LogP contribution in [0.3, 0.4) is 0 Å². The molecule has 2 heterocycles. The second-order valence-corrected chi connectivity index (χ2v) is 9.16. The number of thiophene rings is 1. The van der Waals surface area contributed by atoms with Gasteiger partial charge in [-0.1, -0.05) is 53.6 Å². The van der Waals surface area contributed by atoms with Crippen molar-refractivity contribution < 1.29 is 0 Å². The lowest BCUT2D eigenvalue weighted by atomic mass is 9.97. The van der Waals surface area contributed by atoms with Crippen LogP contribution in [0.5, 0.6) is 0 Å². The standard InChI is InChI=1S/C25H24N2OS/c1-16-10-12-18(13-11-16)15-27-23(19-7-5-6-17(2)14-19)26-24-22(25(27)28)20-8-3-4-9-21(20)29-24/h5-7,10-14H,3-4,8-9,15H2,1-2H3. The molecule has 0 N–H and O–H groups in total. The van der Waals surface area contributed by atoms with E-state index in [1.54, 1.807) is 11.3 Å². The van der Waals surface area contributed by atoms with Crippen molar-refractivity contribution in [2.45, 2.75) is 46.1 Å². The maximum atomic E-state index is 13.7. The Morgan fingerprint density at radius 3 is 2.59 bits per heavy atom. The normalized spacial score (nSPS) is 13.6. The summed E-state index contributed by atoms with van der Waals surface area (Å²) >= 11 is 1.72. The fraction of sp³-hybridized carbons (Fsp3) is 0.280. The summed E-state index contributed by atoms with van der Waals surface area (Å²) in [4.78, 5) is 21.1. The lowest BCUT2D eigenvalue weighted by Gasteiger charge is -2.15. The van der Waals surface area contributed by atoms with Crippen molar-refractivity contribution in [1.82, 2.24) is 9.55 Å². The van der Waals surface area contributed by atoms with Gasteiger partial charge in [0.2, 0.25) is 0 Å². The second-order valence-electron chi connectivity index (χ2n) is 8.07. The van der Waals surface area contributed by atoms with Gasteiger partial charge in [-0.05, 0) is 56.7 Å². The van der Waals surface area contributed by atoms with E-state index in [4.69, 9.17) is 4.98 Å². The molecule has 1 aliphatic carbocycles. The first-order valence-electron chi connectivity index (χ1n) is 10.3. The molecule has 0 radical (unpaired) electrons. The predicted molar refractivity (Wildman–Crippen MR) is 121 cm³/mol. The van der Waals surface area contributed by atoms with Crippen molar-refractivity contribution in [2.24, 2.45) is 0 Å². The minimum absolute atomic E-state index is 0.103. The molecule has 3 nitrogen and oxygen atoms in total. The Morgan fingerprint density at radius 2 is 1.79 bits per heavy atom. The van der Waals surface area contributed by atoms with E-state index < -0.39 is 0 Å². The summed E-state index contributed by atoms with van der Waals surface area (Å²) in [6.45, 7) is 4.70. The molecule has 4 heteroatoms. The predicted octanol–water partition coefficient (Wildman–Crippen LogP) is 5.67. The number of fused-ring (bicyclic) bond motifs is 3. The molecular weight excluding hydrogens is 376 g/mol. The van der Waals surface area contributed by atoms with Crippen molar-refractivity contribution in [1.29, 1.82) is 0 Å². The van der Waals surface area contributed by atoms with Gasteiger partial charge < -0.3 is 0 Å². The summed E-state index contributed by atoms with van der Waals surface area (Å²) in [5, 5.41) is 0.855. The van der Waals surface area contributed by atoms with Gasteiger partial charge in [0.05, 0.1) is 11.9 Å². The van der Waals surface area contributed by atoms with E-state index in [2.05, 4.69) is 56.3 Å². The largest absolute Gasteiger partial charge is 0.288 e. The summed E-state index contributed by atoms with van der Waals surface area (Å²) in [6, 6.07) is 16.7. The molecule has 2 aromatic carbocycles. The van der Waals surface area contributed by atoms with Gasteiger partial charge in [0, 0.05) is 10.4 Å². The number of benzene rings is 2. The molecule has 1 aliphatic rings. The molecule has 0 atom stereocenters. The molecule has 5 rings (SSSR count). The van der Waals surface area contributed by atoms with Crippen LogP contribution >= 0.6 is 11.3 Å². The maximum absolute atomic E-state index is 13.7. The minimum atomic E-state index is 0.103. The summed E-state index contributed by atoms with van der Waals surface area (Å²) in [6.07, 6.45) is 4.45. The van der Waals surface area contributed by atoms with E-state index >= 15 is 0 Å². The van der Waals surface area contributed by atoms with Crippen molar-refractivity contribution in [2.75, 3.05) is 0 Å². The monoisotopic (exact) mass is 400 g/mol. The Bertz CT molecular complexity index is 1260. The Labute approximate surface area is 174 Å². The van der Waals surface area contributed by atoms with Crippen LogP contribution in [-0.2, 0) is 19.4 Å². The van der Waals surface area contributed by atoms with Crippen LogP contribution in [-0.4, -0.2) is 9.55 Å². The smallest absolute Gasteiger partial charge is 0.263 e. The average Bonchev–Trinajstić information content (AvgIpc) is 3.10. The summed E-state index contributed by atoms with van der Waals surface area (Å²) in [7, 11) is 0. The highest BCUT2D eigenvalue weighted by atomic mass is 32.1. The van der Waals surface area contributed by atoms with Gasteiger partial charge in [-0.2, -0.15) is 0 Å². The Hall–Kier alpha value is -2.72. The lowest BCUT2D eigenvalue weighted by molar-refractivity contribution is 0.698. The van der Waals surface area contributed by atoms with Gasteiger partial charge in [0.1, 0.15) is 10.7 Å². The molecular formula is C25H24N2OS. The number of hydrogen-bond acceptors (Lipinski definition) is 3. The van der Waals surface area contributed by atoms with Crippen molar-refractivity contribution in [3.8, 4) is 11.4 Å². The number of aryl methyl sites for hydroxylation is 4. The van der Waals surface area contributed by atoms with Crippen LogP contribution in [0.15, 0.2) is 53.3 Å². The quantitative estimate of drug-likeness (QED) is 0.444. The summed E-state index contributed by atoms with van der Waals surface area (Å²) in [5.41, 5.74) is 5.87. The topological polar surface area (TPSA) is 34.9 Å². The van der Waals surface area contributed by atoms with Crippen LogP contribution < -0.4 is 5.56 Å². The van der Waals surface area contributed by atoms with Gasteiger partial charge in [0.25, 0.3) is 5.56 Å². The molecule has 4 aromatic rings. The van der Waals surface area contributed by atoms with Gasteiger partial charge in [0.15, 0.2) is 0 Å². The first-order chi connectivity index (χ1) is 14.1. The van der Waals surface area contributed by atoms with E-state index in [-0.39, 0.29) is 5.56 Å². The third-order valence-electron chi connectivity index (χ3n) is 5.81. The van der Waals surface area contributed by atoms with E-state index in [0.29, 0.717) is 6.54 Å². The van der Waals surface area contributed by atoms with Crippen LogP contribution in [0.4, 0.5) is 0 Å². The first kappa shape index (κ1) is 18.3. The number of nitrogens with zero attached hydrogens (tertiary/aromatic N) is 2. The van der Waals surface area contributed by atoms with Gasteiger partial charge >= 0.3 is 0 Å². The molecule has 0 saturated heterocycles. The summed E-state index contributed by atoms with van der Waals surface area (Å²) in [5.74, 6) is 0.769. The zero-order chi connectivity index (χ0) is 20.0. The molecule has 0 aliphatic heterocycles. The lowest BCUT2D eigenvalue weighted by Crippen LogP contribution is -2.24. The summed E-state index contributed by atoms with van der Waals surface area (Å²) < 4.78 is 1.88. The van der Waals surface area contributed by atoms with Gasteiger partial charge in [-0.3, -0.25) is 9.36 Å².